The van der Waals surface area contributed by atoms with Gasteiger partial charge in [-0.05, 0) is 17.1 Å². The molecule has 0 aliphatic carbocycles. The van der Waals surface area contributed by atoms with E-state index in [-0.39, 0.29) is 11.6 Å². The SMILES string of the molecule is CC[Si](CC)(CC)CCC[Si](Cc1ccccc1)(Oc1c(F)c(F)c2c(F)c(F)cc(F)c2c1F)C(C)C. The van der Waals surface area contributed by atoms with Crippen LogP contribution in [0.15, 0.2) is 36.4 Å². The molecule has 0 bridgehead atoms. The smallest absolute Gasteiger partial charge is 0.258 e. The zero-order valence-corrected chi connectivity index (χ0v) is 24.7. The topological polar surface area (TPSA) is 9.23 Å². The minimum absolute atomic E-state index is 0.128. The van der Waals surface area contributed by atoms with Crippen molar-refractivity contribution in [3.8, 4) is 5.75 Å². The zero-order chi connectivity index (χ0) is 28.3. The summed E-state index contributed by atoms with van der Waals surface area (Å²) >= 11 is 0. The molecule has 0 amide bonds. The molecule has 3 rings (SSSR count). The molecule has 1 atom stereocenters. The Morgan fingerprint density at radius 2 is 1.32 bits per heavy atom. The summed E-state index contributed by atoms with van der Waals surface area (Å²) in [6.45, 7) is 10.5. The van der Waals surface area contributed by atoms with Crippen LogP contribution in [0.5, 0.6) is 5.75 Å². The normalized spacial score (nSPS) is 13.8. The average Bonchev–Trinajstić information content (AvgIpc) is 2.90. The molecule has 1 unspecified atom stereocenters. The molecule has 38 heavy (non-hydrogen) atoms. The van der Waals surface area contributed by atoms with Crippen LogP contribution in [0.3, 0.4) is 0 Å². The molecule has 0 saturated heterocycles. The van der Waals surface area contributed by atoms with Crippen molar-refractivity contribution in [2.24, 2.45) is 0 Å². The summed E-state index contributed by atoms with van der Waals surface area (Å²) in [7, 11) is -4.61. The standard InChI is InChI=1S/C29H36F6OSi2/c1-6-37(7-2,8-3)15-12-16-38(19(4)5,18-20-13-10-9-11-14-20)36-29-27(34)23-21(30)17-22(31)25(32)24(23)26(33)28(29)35/h9-11,13-14,17,19H,6-8,12,15-16,18H2,1-5H3. The Bertz CT molecular complexity index is 1260. The number of rotatable bonds is 12. The van der Waals surface area contributed by atoms with Crippen LogP contribution in [0.25, 0.3) is 10.8 Å². The summed E-state index contributed by atoms with van der Waals surface area (Å²) in [6.07, 6.45) is 0.798. The van der Waals surface area contributed by atoms with Gasteiger partial charge in [0.05, 0.1) is 18.8 Å². The minimum Gasteiger partial charge on any atom is -0.539 e. The highest BCUT2D eigenvalue weighted by molar-refractivity contribution is 6.80. The van der Waals surface area contributed by atoms with Crippen molar-refractivity contribution in [2.75, 3.05) is 0 Å². The second kappa shape index (κ2) is 12.3. The van der Waals surface area contributed by atoms with Gasteiger partial charge in [0.25, 0.3) is 8.32 Å². The molecule has 0 N–H and O–H groups in total. The van der Waals surface area contributed by atoms with Crippen molar-refractivity contribution in [1.82, 2.24) is 0 Å². The maximum atomic E-state index is 15.7. The van der Waals surface area contributed by atoms with E-state index in [9.17, 15) is 13.2 Å². The third-order valence-corrected chi connectivity index (χ3v) is 19.3. The molecule has 0 fully saturated rings. The number of benzene rings is 3. The van der Waals surface area contributed by atoms with E-state index in [0.29, 0.717) is 12.1 Å². The van der Waals surface area contributed by atoms with E-state index in [1.165, 1.54) is 0 Å². The molecule has 3 aromatic rings. The molecule has 0 aliphatic heterocycles. The van der Waals surface area contributed by atoms with E-state index in [2.05, 4.69) is 20.8 Å². The van der Waals surface area contributed by atoms with E-state index in [1.54, 1.807) is 0 Å². The first kappa shape index (κ1) is 30.3. The molecule has 0 aromatic heterocycles. The van der Waals surface area contributed by atoms with Crippen LogP contribution in [0.1, 0.15) is 46.6 Å². The second-order valence-corrected chi connectivity index (χ2v) is 20.5. The molecule has 0 saturated carbocycles. The van der Waals surface area contributed by atoms with Crippen LogP contribution >= 0.6 is 0 Å². The molecule has 0 aliphatic rings. The lowest BCUT2D eigenvalue weighted by atomic mass is 10.1. The van der Waals surface area contributed by atoms with E-state index in [4.69, 9.17) is 4.43 Å². The number of fused-ring (bicyclic) bond motifs is 1. The summed E-state index contributed by atoms with van der Waals surface area (Å²) in [4.78, 5) is 0. The number of halogens is 6. The maximum Gasteiger partial charge on any atom is 0.258 e. The van der Waals surface area contributed by atoms with Crippen LogP contribution in [-0.4, -0.2) is 16.4 Å². The van der Waals surface area contributed by atoms with Crippen LogP contribution in [0.2, 0.25) is 35.8 Å². The van der Waals surface area contributed by atoms with E-state index < -0.39 is 67.8 Å². The van der Waals surface area contributed by atoms with E-state index in [0.717, 1.165) is 36.2 Å². The average molecular weight is 571 g/mol. The van der Waals surface area contributed by atoms with Crippen LogP contribution in [0, 0.1) is 34.9 Å². The van der Waals surface area contributed by atoms with Crippen LogP contribution < -0.4 is 4.43 Å². The Morgan fingerprint density at radius 3 is 1.87 bits per heavy atom. The highest BCUT2D eigenvalue weighted by Gasteiger charge is 2.43. The first-order valence-corrected chi connectivity index (χ1v) is 18.5. The summed E-state index contributed by atoms with van der Waals surface area (Å²) in [5, 5.41) is -2.55. The van der Waals surface area contributed by atoms with Gasteiger partial charge in [-0.15, -0.1) is 0 Å². The molecule has 0 spiro atoms. The summed E-state index contributed by atoms with van der Waals surface area (Å²) in [5.74, 6) is -11.4. The summed E-state index contributed by atoms with van der Waals surface area (Å²) in [6, 6.07) is 14.9. The monoisotopic (exact) mass is 570 g/mol. The van der Waals surface area contributed by atoms with Crippen molar-refractivity contribution in [1.29, 1.82) is 0 Å². The first-order chi connectivity index (χ1) is 18.0. The first-order valence-electron chi connectivity index (χ1n) is 13.3. The minimum atomic E-state index is -3.12. The molecule has 0 radical (unpaired) electrons. The predicted octanol–water partition coefficient (Wildman–Crippen LogP) is 10.1. The predicted molar refractivity (Wildman–Crippen MR) is 147 cm³/mol. The van der Waals surface area contributed by atoms with E-state index >= 15 is 13.2 Å². The van der Waals surface area contributed by atoms with Crippen molar-refractivity contribution < 1.29 is 30.8 Å². The lowest BCUT2D eigenvalue weighted by Crippen LogP contribution is -2.48. The van der Waals surface area contributed by atoms with Gasteiger partial charge < -0.3 is 4.43 Å². The largest absolute Gasteiger partial charge is 0.539 e. The maximum absolute atomic E-state index is 15.7. The highest BCUT2D eigenvalue weighted by Crippen LogP contribution is 2.41. The van der Waals surface area contributed by atoms with Gasteiger partial charge in [0.1, 0.15) is 5.82 Å². The van der Waals surface area contributed by atoms with Crippen LogP contribution in [0.4, 0.5) is 26.3 Å². The second-order valence-electron chi connectivity index (χ2n) is 10.6. The van der Waals surface area contributed by atoms with E-state index in [1.807, 2.05) is 44.2 Å². The van der Waals surface area contributed by atoms with Crippen molar-refractivity contribution in [3.05, 3.63) is 76.9 Å². The van der Waals surface area contributed by atoms with Gasteiger partial charge >= 0.3 is 0 Å². The van der Waals surface area contributed by atoms with Gasteiger partial charge in [-0.2, -0.15) is 4.39 Å². The lowest BCUT2D eigenvalue weighted by Gasteiger charge is -2.37. The number of hydrogen-bond donors (Lipinski definition) is 0. The summed E-state index contributed by atoms with van der Waals surface area (Å²) in [5.41, 5.74) is 0.773. The van der Waals surface area contributed by atoms with Gasteiger partial charge in [0.2, 0.25) is 5.82 Å². The molecule has 9 heteroatoms. The third kappa shape index (κ3) is 5.83. The van der Waals surface area contributed by atoms with Gasteiger partial charge in [-0.25, -0.2) is 22.0 Å². The Morgan fingerprint density at radius 1 is 0.711 bits per heavy atom. The van der Waals surface area contributed by atoms with Crippen molar-refractivity contribution >= 4 is 27.2 Å². The molecule has 0 heterocycles. The van der Waals surface area contributed by atoms with Crippen LogP contribution in [-0.2, 0) is 6.04 Å². The van der Waals surface area contributed by atoms with Crippen molar-refractivity contribution in [3.63, 3.8) is 0 Å². The fourth-order valence-corrected chi connectivity index (χ4v) is 13.2. The molecule has 1 nitrogen and oxygen atoms in total. The number of hydrogen-bond acceptors (Lipinski definition) is 1. The van der Waals surface area contributed by atoms with Gasteiger partial charge in [-0.1, -0.05) is 95.5 Å². The Balaban J connectivity index is 2.15. The molecule has 3 aromatic carbocycles. The van der Waals surface area contributed by atoms with Gasteiger partial charge in [-0.3, -0.25) is 0 Å². The Kier molecular flexibility index (Phi) is 9.78. The molecular weight excluding hydrogens is 534 g/mol. The van der Waals surface area contributed by atoms with Gasteiger partial charge in [0, 0.05) is 12.1 Å². The lowest BCUT2D eigenvalue weighted by molar-refractivity contribution is 0.407. The highest BCUT2D eigenvalue weighted by atomic mass is 28.4. The Hall–Kier alpha value is -2.27. The zero-order valence-electron chi connectivity index (χ0n) is 22.7. The molecular formula is C29H36F6OSi2. The summed E-state index contributed by atoms with van der Waals surface area (Å²) < 4.78 is 94.9. The fraction of sp³-hybridized carbons (Fsp3) is 0.448. The van der Waals surface area contributed by atoms with Gasteiger partial charge in [0.15, 0.2) is 29.0 Å². The van der Waals surface area contributed by atoms with Crippen molar-refractivity contribution in [2.45, 2.75) is 82.8 Å². The fourth-order valence-electron chi connectivity index (χ4n) is 5.50. The third-order valence-electron chi connectivity index (χ3n) is 8.46. The quantitative estimate of drug-likeness (QED) is 0.120. The Labute approximate surface area is 223 Å². The molecule has 208 valence electrons.